The molecule has 1 unspecified atom stereocenters. The molecule has 1 atom stereocenters. The first-order valence-corrected chi connectivity index (χ1v) is 6.26. The molecule has 1 aliphatic heterocycles. The zero-order valence-electron chi connectivity index (χ0n) is 9.98. The van der Waals surface area contributed by atoms with Crippen LogP contribution in [0.4, 0.5) is 0 Å². The first kappa shape index (κ1) is 12.3. The predicted molar refractivity (Wildman–Crippen MR) is 69.6 cm³/mol. The van der Waals surface area contributed by atoms with Crippen LogP contribution in [0.5, 0.6) is 0 Å². The van der Waals surface area contributed by atoms with Gasteiger partial charge in [0.05, 0.1) is 18.3 Å². The smallest absolute Gasteiger partial charge is 0.166 e. The van der Waals surface area contributed by atoms with E-state index in [1.165, 1.54) is 0 Å². The minimum Gasteiger partial charge on any atom is -0.376 e. The third kappa shape index (κ3) is 3.67. The summed E-state index contributed by atoms with van der Waals surface area (Å²) in [5.74, 6) is 0. The van der Waals surface area contributed by atoms with Crippen molar-refractivity contribution in [2.45, 2.75) is 25.5 Å². The Labute approximate surface area is 107 Å². The molecule has 0 aliphatic carbocycles. The number of ether oxygens (including phenoxy) is 1. The number of nitrogens with zero attached hydrogens (tertiary/aromatic N) is 2. The van der Waals surface area contributed by atoms with Crippen LogP contribution in [0, 0.1) is 0 Å². The average molecular weight is 254 g/mol. The first-order chi connectivity index (χ1) is 8.25. The van der Waals surface area contributed by atoms with E-state index in [0.717, 1.165) is 31.7 Å². The Bertz CT molecular complexity index is 373. The van der Waals surface area contributed by atoms with Crippen molar-refractivity contribution >= 4 is 17.3 Å². The summed E-state index contributed by atoms with van der Waals surface area (Å²) < 4.78 is 7.34. The summed E-state index contributed by atoms with van der Waals surface area (Å²) in [5, 5.41) is 11.1. The van der Waals surface area contributed by atoms with Crippen molar-refractivity contribution in [2.75, 3.05) is 13.2 Å². The van der Waals surface area contributed by atoms with Crippen LogP contribution in [0.2, 0.25) is 0 Å². The minimum atomic E-state index is 0.312. The highest BCUT2D eigenvalue weighted by molar-refractivity contribution is 7.80. The van der Waals surface area contributed by atoms with Gasteiger partial charge in [-0.05, 0) is 31.1 Å². The van der Waals surface area contributed by atoms with Crippen LogP contribution in [0.15, 0.2) is 12.3 Å². The molecule has 2 N–H and O–H groups in total. The molecule has 5 nitrogen and oxygen atoms in total. The number of aromatic nitrogens is 2. The van der Waals surface area contributed by atoms with E-state index in [1.54, 1.807) is 6.20 Å². The molecule has 0 aromatic carbocycles. The Kier molecular flexibility index (Phi) is 4.33. The van der Waals surface area contributed by atoms with Crippen LogP contribution in [0.1, 0.15) is 18.5 Å². The maximum absolute atomic E-state index is 5.51. The maximum atomic E-state index is 5.51. The van der Waals surface area contributed by atoms with Gasteiger partial charge >= 0.3 is 0 Å². The number of thiocarbonyl (C=S) groups is 1. The van der Waals surface area contributed by atoms with Gasteiger partial charge < -0.3 is 15.4 Å². The molecule has 94 valence electrons. The molecular formula is C11H18N4OS. The Morgan fingerprint density at radius 1 is 1.65 bits per heavy atom. The van der Waals surface area contributed by atoms with Crippen LogP contribution in [-0.4, -0.2) is 34.1 Å². The predicted octanol–water partition coefficient (Wildman–Crippen LogP) is 0.563. The summed E-state index contributed by atoms with van der Waals surface area (Å²) in [6.45, 7) is 2.35. The van der Waals surface area contributed by atoms with Crippen LogP contribution in [0.25, 0.3) is 0 Å². The van der Waals surface area contributed by atoms with Crippen LogP contribution in [-0.2, 0) is 18.3 Å². The molecular weight excluding hydrogens is 236 g/mol. The largest absolute Gasteiger partial charge is 0.376 e. The van der Waals surface area contributed by atoms with Gasteiger partial charge in [0, 0.05) is 26.4 Å². The number of hydrogen-bond acceptors (Lipinski definition) is 3. The fourth-order valence-electron chi connectivity index (χ4n) is 1.82. The van der Waals surface area contributed by atoms with E-state index in [0.29, 0.717) is 17.8 Å². The van der Waals surface area contributed by atoms with E-state index in [1.807, 2.05) is 17.8 Å². The van der Waals surface area contributed by atoms with E-state index in [4.69, 9.17) is 17.0 Å². The van der Waals surface area contributed by atoms with Crippen molar-refractivity contribution in [1.29, 1.82) is 0 Å². The highest BCUT2D eigenvalue weighted by Gasteiger charge is 2.15. The lowest BCUT2D eigenvalue weighted by Gasteiger charge is -2.13. The van der Waals surface area contributed by atoms with Gasteiger partial charge in [-0.2, -0.15) is 5.10 Å². The van der Waals surface area contributed by atoms with Gasteiger partial charge in [0.15, 0.2) is 5.11 Å². The van der Waals surface area contributed by atoms with Crippen molar-refractivity contribution in [3.05, 3.63) is 18.0 Å². The first-order valence-electron chi connectivity index (χ1n) is 5.86. The zero-order chi connectivity index (χ0) is 12.1. The molecule has 0 radical (unpaired) electrons. The van der Waals surface area contributed by atoms with E-state index in [-0.39, 0.29) is 0 Å². The minimum absolute atomic E-state index is 0.312. The van der Waals surface area contributed by atoms with Crippen molar-refractivity contribution in [2.24, 2.45) is 7.05 Å². The summed E-state index contributed by atoms with van der Waals surface area (Å²) in [7, 11) is 1.92. The van der Waals surface area contributed by atoms with Crippen molar-refractivity contribution < 1.29 is 4.74 Å². The molecule has 1 fully saturated rings. The molecule has 1 aromatic rings. The lowest BCUT2D eigenvalue weighted by atomic mass is 10.2. The summed E-state index contributed by atoms with van der Waals surface area (Å²) in [4.78, 5) is 0. The second kappa shape index (κ2) is 5.97. The molecule has 0 saturated carbocycles. The Hall–Kier alpha value is -1.14. The third-order valence-electron chi connectivity index (χ3n) is 2.87. The van der Waals surface area contributed by atoms with Gasteiger partial charge in [-0.1, -0.05) is 0 Å². The Balaban J connectivity index is 1.65. The molecule has 1 aromatic heterocycles. The summed E-state index contributed by atoms with van der Waals surface area (Å²) in [6, 6.07) is 1.97. The van der Waals surface area contributed by atoms with Crippen molar-refractivity contribution in [3.63, 3.8) is 0 Å². The van der Waals surface area contributed by atoms with Gasteiger partial charge in [-0.3, -0.25) is 4.68 Å². The summed E-state index contributed by atoms with van der Waals surface area (Å²) in [6.07, 6.45) is 4.37. The fraction of sp³-hybridized carbons (Fsp3) is 0.636. The highest BCUT2D eigenvalue weighted by atomic mass is 32.1. The van der Waals surface area contributed by atoms with E-state index >= 15 is 0 Å². The Morgan fingerprint density at radius 3 is 3.18 bits per heavy atom. The normalized spacial score (nSPS) is 19.2. The molecule has 2 heterocycles. The summed E-state index contributed by atoms with van der Waals surface area (Å²) in [5.41, 5.74) is 1.10. The highest BCUT2D eigenvalue weighted by Crippen LogP contribution is 2.10. The molecule has 6 heteroatoms. The second-order valence-electron chi connectivity index (χ2n) is 4.14. The average Bonchev–Trinajstić information content (AvgIpc) is 2.95. The van der Waals surface area contributed by atoms with Crippen LogP contribution in [0.3, 0.4) is 0 Å². The topological polar surface area (TPSA) is 51.1 Å². The second-order valence-corrected chi connectivity index (χ2v) is 4.55. The van der Waals surface area contributed by atoms with E-state index in [2.05, 4.69) is 15.7 Å². The zero-order valence-corrected chi connectivity index (χ0v) is 10.8. The van der Waals surface area contributed by atoms with Gasteiger partial charge in [-0.15, -0.1) is 0 Å². The molecule has 0 bridgehead atoms. The quantitative estimate of drug-likeness (QED) is 0.769. The SMILES string of the molecule is Cn1nccc1CNC(=S)NCC1CCCO1. The Morgan fingerprint density at radius 2 is 2.53 bits per heavy atom. The van der Waals surface area contributed by atoms with E-state index in [9.17, 15) is 0 Å². The van der Waals surface area contributed by atoms with Crippen molar-refractivity contribution in [1.82, 2.24) is 20.4 Å². The lowest BCUT2D eigenvalue weighted by molar-refractivity contribution is 0.114. The molecule has 1 aliphatic rings. The molecule has 2 rings (SSSR count). The van der Waals surface area contributed by atoms with Gasteiger partial charge in [0.25, 0.3) is 0 Å². The van der Waals surface area contributed by atoms with Gasteiger partial charge in [0.2, 0.25) is 0 Å². The van der Waals surface area contributed by atoms with Gasteiger partial charge in [-0.25, -0.2) is 0 Å². The number of nitrogens with one attached hydrogen (secondary N) is 2. The standard InChI is InChI=1S/C11H18N4OS/c1-15-9(4-5-14-15)7-12-11(17)13-8-10-3-2-6-16-10/h4-5,10H,2-3,6-8H2,1H3,(H2,12,13,17). The fourth-order valence-corrected chi connectivity index (χ4v) is 1.98. The lowest BCUT2D eigenvalue weighted by Crippen LogP contribution is -2.39. The molecule has 1 saturated heterocycles. The number of hydrogen-bond donors (Lipinski definition) is 2. The molecule has 0 spiro atoms. The summed E-state index contributed by atoms with van der Waals surface area (Å²) >= 11 is 5.20. The third-order valence-corrected chi connectivity index (χ3v) is 3.16. The van der Waals surface area contributed by atoms with Crippen molar-refractivity contribution in [3.8, 4) is 0 Å². The van der Waals surface area contributed by atoms with E-state index < -0.39 is 0 Å². The molecule has 17 heavy (non-hydrogen) atoms. The monoisotopic (exact) mass is 254 g/mol. The molecule has 0 amide bonds. The van der Waals surface area contributed by atoms with Crippen LogP contribution < -0.4 is 10.6 Å². The maximum Gasteiger partial charge on any atom is 0.166 e. The number of aryl methyl sites for hydroxylation is 1. The van der Waals surface area contributed by atoms with Crippen LogP contribution >= 0.6 is 12.2 Å². The number of rotatable bonds is 4. The van der Waals surface area contributed by atoms with Gasteiger partial charge in [0.1, 0.15) is 0 Å².